The van der Waals surface area contributed by atoms with Gasteiger partial charge in [0.1, 0.15) is 24.9 Å². The monoisotopic (exact) mass is 619 g/mol. The van der Waals surface area contributed by atoms with Crippen LogP contribution in [0.3, 0.4) is 0 Å². The highest BCUT2D eigenvalue weighted by atomic mass is 35.5. The topological polar surface area (TPSA) is 96.0 Å². The quantitative estimate of drug-likeness (QED) is 0.266. The number of hydrogen-bond donors (Lipinski definition) is 1. The van der Waals surface area contributed by atoms with E-state index in [0.29, 0.717) is 34.4 Å². The van der Waals surface area contributed by atoms with Gasteiger partial charge in [-0.3, -0.25) is 13.9 Å². The molecule has 8 nitrogen and oxygen atoms in total. The number of benzene rings is 3. The van der Waals surface area contributed by atoms with Crippen molar-refractivity contribution in [3.05, 3.63) is 94.0 Å². The molecule has 0 aliphatic rings. The smallest absolute Gasteiger partial charge is 0.244 e. The van der Waals surface area contributed by atoms with Gasteiger partial charge in [-0.05, 0) is 62.2 Å². The van der Waals surface area contributed by atoms with Crippen LogP contribution in [0.5, 0.6) is 5.75 Å². The number of anilines is 1. The van der Waals surface area contributed by atoms with Crippen LogP contribution in [-0.2, 0) is 32.8 Å². The fourth-order valence-electron chi connectivity index (χ4n) is 4.22. The van der Waals surface area contributed by atoms with Gasteiger partial charge in [0.15, 0.2) is 0 Å². The van der Waals surface area contributed by atoms with Crippen LogP contribution in [0, 0.1) is 0 Å². The zero-order valence-electron chi connectivity index (χ0n) is 23.5. The Morgan fingerprint density at radius 2 is 1.54 bits per heavy atom. The van der Waals surface area contributed by atoms with Crippen molar-refractivity contribution in [1.29, 1.82) is 0 Å². The Bertz CT molecular complexity index is 1410. The van der Waals surface area contributed by atoms with Crippen molar-refractivity contribution >= 4 is 50.7 Å². The first-order valence-electron chi connectivity index (χ1n) is 13.2. The fourth-order valence-corrected chi connectivity index (χ4v) is 5.58. The molecule has 3 aromatic carbocycles. The van der Waals surface area contributed by atoms with Crippen LogP contribution in [0.1, 0.15) is 38.3 Å². The standard InChI is InChI=1S/C30H35Cl2N3O5S/c1-5-28(30(37)33-21(2)3)34(18-25-26(31)12-9-13-27(25)32)29(36)19-35(41(4,38)39)23-14-16-24(17-15-23)40-20-22-10-7-6-8-11-22/h6-17,21,28H,5,18-20H2,1-4H3,(H,33,37). The third kappa shape index (κ3) is 9.11. The Morgan fingerprint density at radius 3 is 2.07 bits per heavy atom. The minimum absolute atomic E-state index is 0.0781. The van der Waals surface area contributed by atoms with E-state index in [9.17, 15) is 18.0 Å². The molecule has 0 heterocycles. The molecule has 1 unspecified atom stereocenters. The molecule has 0 aromatic heterocycles. The first kappa shape index (κ1) is 32.2. The van der Waals surface area contributed by atoms with Crippen LogP contribution in [0.15, 0.2) is 72.8 Å². The second-order valence-electron chi connectivity index (χ2n) is 9.85. The SMILES string of the molecule is CCC(C(=O)NC(C)C)N(Cc1c(Cl)cccc1Cl)C(=O)CN(c1ccc(OCc2ccccc2)cc1)S(C)(=O)=O. The summed E-state index contributed by atoms with van der Waals surface area (Å²) in [5.41, 5.74) is 1.74. The van der Waals surface area contributed by atoms with Gasteiger partial charge in [0.2, 0.25) is 21.8 Å². The van der Waals surface area contributed by atoms with E-state index >= 15 is 0 Å². The van der Waals surface area contributed by atoms with Gasteiger partial charge in [0.25, 0.3) is 0 Å². The number of carbonyl (C=O) groups excluding carboxylic acids is 2. The van der Waals surface area contributed by atoms with E-state index in [1.54, 1.807) is 49.4 Å². The van der Waals surface area contributed by atoms with E-state index in [1.165, 1.54) is 4.90 Å². The molecule has 0 bridgehead atoms. The number of hydrogen-bond acceptors (Lipinski definition) is 5. The molecule has 11 heteroatoms. The Hall–Kier alpha value is -3.27. The molecule has 41 heavy (non-hydrogen) atoms. The van der Waals surface area contributed by atoms with Gasteiger partial charge >= 0.3 is 0 Å². The van der Waals surface area contributed by atoms with Crippen LogP contribution in [0.25, 0.3) is 0 Å². The minimum atomic E-state index is -3.88. The third-order valence-corrected chi connectivity index (χ3v) is 8.11. The number of ether oxygens (including phenoxy) is 1. The molecule has 0 aliphatic carbocycles. The maximum Gasteiger partial charge on any atom is 0.244 e. The Morgan fingerprint density at radius 1 is 0.927 bits per heavy atom. The number of nitrogens with one attached hydrogen (secondary N) is 1. The molecule has 1 atom stereocenters. The van der Waals surface area contributed by atoms with E-state index in [0.717, 1.165) is 16.1 Å². The largest absolute Gasteiger partial charge is 0.489 e. The highest BCUT2D eigenvalue weighted by Gasteiger charge is 2.32. The molecule has 0 aliphatic heterocycles. The van der Waals surface area contributed by atoms with Crippen LogP contribution in [0.4, 0.5) is 5.69 Å². The Labute approximate surface area is 252 Å². The highest BCUT2D eigenvalue weighted by molar-refractivity contribution is 7.92. The molecule has 0 saturated heterocycles. The Kier molecular flexibility index (Phi) is 11.5. The average Bonchev–Trinajstić information content (AvgIpc) is 2.92. The first-order chi connectivity index (χ1) is 19.4. The summed E-state index contributed by atoms with van der Waals surface area (Å²) in [6, 6.07) is 20.0. The van der Waals surface area contributed by atoms with E-state index in [4.69, 9.17) is 27.9 Å². The van der Waals surface area contributed by atoms with Crippen molar-refractivity contribution in [2.24, 2.45) is 0 Å². The molecule has 0 radical (unpaired) electrons. The third-order valence-electron chi connectivity index (χ3n) is 6.26. The lowest BCUT2D eigenvalue weighted by Gasteiger charge is -2.33. The summed E-state index contributed by atoms with van der Waals surface area (Å²) in [4.78, 5) is 28.3. The lowest BCUT2D eigenvalue weighted by atomic mass is 10.1. The molecule has 0 saturated carbocycles. The van der Waals surface area contributed by atoms with Crippen LogP contribution < -0.4 is 14.4 Å². The average molecular weight is 621 g/mol. The van der Waals surface area contributed by atoms with E-state index in [1.807, 2.05) is 44.2 Å². The van der Waals surface area contributed by atoms with Crippen molar-refractivity contribution in [3.63, 3.8) is 0 Å². The number of rotatable bonds is 13. The van der Waals surface area contributed by atoms with Gasteiger partial charge in [0.05, 0.1) is 11.9 Å². The molecule has 1 N–H and O–H groups in total. The van der Waals surface area contributed by atoms with Crippen LogP contribution in [-0.4, -0.2) is 50.0 Å². The predicted octanol–water partition coefficient (Wildman–Crippen LogP) is 5.67. The number of carbonyl (C=O) groups is 2. The molecule has 220 valence electrons. The number of nitrogens with zero attached hydrogens (tertiary/aromatic N) is 2. The second kappa shape index (κ2) is 14.6. The normalized spacial score (nSPS) is 12.1. The van der Waals surface area contributed by atoms with Crippen molar-refractivity contribution < 1.29 is 22.7 Å². The summed E-state index contributed by atoms with van der Waals surface area (Å²) in [5.74, 6) is -0.393. The summed E-state index contributed by atoms with van der Waals surface area (Å²) in [6.45, 7) is 5.16. The van der Waals surface area contributed by atoms with Gasteiger partial charge < -0.3 is 15.0 Å². The maximum absolute atomic E-state index is 13.8. The van der Waals surface area contributed by atoms with Crippen molar-refractivity contribution in [1.82, 2.24) is 10.2 Å². The molecule has 3 aromatic rings. The van der Waals surface area contributed by atoms with Crippen LogP contribution >= 0.6 is 23.2 Å². The van der Waals surface area contributed by atoms with Gasteiger partial charge in [0, 0.05) is 28.2 Å². The van der Waals surface area contributed by atoms with Crippen molar-refractivity contribution in [3.8, 4) is 5.75 Å². The summed E-state index contributed by atoms with van der Waals surface area (Å²) >= 11 is 12.8. The molecule has 0 fully saturated rings. The van der Waals surface area contributed by atoms with E-state index < -0.39 is 28.5 Å². The maximum atomic E-state index is 13.8. The molecular formula is C30H35Cl2N3O5S. The minimum Gasteiger partial charge on any atom is -0.489 e. The van der Waals surface area contributed by atoms with Gasteiger partial charge in [-0.1, -0.05) is 66.5 Å². The van der Waals surface area contributed by atoms with E-state index in [-0.39, 0.29) is 24.2 Å². The van der Waals surface area contributed by atoms with E-state index in [2.05, 4.69) is 5.32 Å². The summed E-state index contributed by atoms with van der Waals surface area (Å²) in [5, 5.41) is 3.51. The second-order valence-corrected chi connectivity index (χ2v) is 12.6. The predicted molar refractivity (Wildman–Crippen MR) is 164 cm³/mol. The number of halogens is 2. The van der Waals surface area contributed by atoms with Gasteiger partial charge in [-0.15, -0.1) is 0 Å². The van der Waals surface area contributed by atoms with Crippen molar-refractivity contribution in [2.45, 2.75) is 52.4 Å². The lowest BCUT2D eigenvalue weighted by molar-refractivity contribution is -0.140. The summed E-state index contributed by atoms with van der Waals surface area (Å²) < 4.78 is 32.6. The summed E-state index contributed by atoms with van der Waals surface area (Å²) in [6.07, 6.45) is 1.32. The first-order valence-corrected chi connectivity index (χ1v) is 15.8. The van der Waals surface area contributed by atoms with Crippen LogP contribution in [0.2, 0.25) is 10.0 Å². The summed E-state index contributed by atoms with van der Waals surface area (Å²) in [7, 11) is -3.88. The molecule has 0 spiro atoms. The zero-order valence-corrected chi connectivity index (χ0v) is 25.8. The van der Waals surface area contributed by atoms with Crippen molar-refractivity contribution in [2.75, 3.05) is 17.1 Å². The lowest BCUT2D eigenvalue weighted by Crippen LogP contribution is -2.53. The van der Waals surface area contributed by atoms with Gasteiger partial charge in [-0.2, -0.15) is 0 Å². The molecule has 3 rings (SSSR count). The Balaban J connectivity index is 1.89. The molecule has 2 amide bonds. The van der Waals surface area contributed by atoms with Gasteiger partial charge in [-0.25, -0.2) is 8.42 Å². The zero-order chi connectivity index (χ0) is 30.2. The fraction of sp³-hybridized carbons (Fsp3) is 0.333. The number of sulfonamides is 1. The highest BCUT2D eigenvalue weighted by Crippen LogP contribution is 2.28. The molecular weight excluding hydrogens is 585 g/mol. The number of amides is 2.